The number of nitroso groups, excluding NO2 is 1. The molecule has 0 atom stereocenters. The van der Waals surface area contributed by atoms with Crippen molar-refractivity contribution in [3.63, 3.8) is 0 Å². The maximum Gasteiger partial charge on any atom is 0.340 e. The molecule has 0 aromatic rings. The van der Waals surface area contributed by atoms with E-state index in [4.69, 9.17) is 21.4 Å². The van der Waals surface area contributed by atoms with Crippen LogP contribution in [0.4, 0.5) is 4.79 Å². The lowest BCUT2D eigenvalue weighted by molar-refractivity contribution is 0.203. The number of carbonyl (C=O) groups is 1. The van der Waals surface area contributed by atoms with Gasteiger partial charge in [-0.15, -0.1) is 16.5 Å². The van der Waals surface area contributed by atoms with Crippen molar-refractivity contribution in [2.45, 2.75) is 0 Å². The summed E-state index contributed by atoms with van der Waals surface area (Å²) in [5, 5.41) is 2.15. The van der Waals surface area contributed by atoms with Crippen LogP contribution in [0, 0.1) is 4.91 Å². The van der Waals surface area contributed by atoms with Gasteiger partial charge in [0, 0.05) is 19.0 Å². The number of nitrogens with one attached hydrogen (secondary N) is 1. The van der Waals surface area contributed by atoms with Gasteiger partial charge in [-0.25, -0.2) is 4.79 Å². The molecule has 0 aliphatic rings. The molecule has 0 aliphatic heterocycles. The molecule has 0 unspecified atom stereocenters. The van der Waals surface area contributed by atoms with Crippen molar-refractivity contribution in [3.05, 3.63) is 4.91 Å². The van der Waals surface area contributed by atoms with Crippen molar-refractivity contribution in [2.24, 2.45) is 5.29 Å². The first-order valence-corrected chi connectivity index (χ1v) is 6.21. The second kappa shape index (κ2) is 6.73. The summed E-state index contributed by atoms with van der Waals surface area (Å²) in [5.74, 6) is 0.0907. The number of nitrogens with zero attached hydrogens (tertiary/aromatic N) is 2. The third-order valence-electron chi connectivity index (χ3n) is 1.44. The molecule has 0 fully saturated rings. The van der Waals surface area contributed by atoms with Crippen LogP contribution in [0.15, 0.2) is 5.29 Å². The van der Waals surface area contributed by atoms with Gasteiger partial charge in [0.05, 0.1) is 11.4 Å². The van der Waals surface area contributed by atoms with Crippen molar-refractivity contribution in [3.8, 4) is 0 Å². The van der Waals surface area contributed by atoms with Crippen LogP contribution in [0.5, 0.6) is 0 Å². The molecule has 0 heterocycles. The predicted octanol–water partition coefficient (Wildman–Crippen LogP) is 0.0959. The zero-order chi connectivity index (χ0) is 11.9. The molecule has 0 bridgehead atoms. The largest absolute Gasteiger partial charge is 0.340 e. The Labute approximate surface area is 90.7 Å². The number of alkyl halides is 1. The summed E-state index contributed by atoms with van der Waals surface area (Å²) in [6.07, 6.45) is -0.490. The smallest absolute Gasteiger partial charge is 0.324 e. The van der Waals surface area contributed by atoms with E-state index in [1.54, 1.807) is 5.43 Å². The Morgan fingerprint density at radius 2 is 2.07 bits per heavy atom. The van der Waals surface area contributed by atoms with E-state index in [0.717, 1.165) is 4.90 Å². The SMILES string of the molecule is O=NNC(=O)N(CCCl)CCP(=O)(O)O. The maximum atomic E-state index is 11.1. The predicted molar refractivity (Wildman–Crippen MR) is 53.5 cm³/mol. The van der Waals surface area contributed by atoms with E-state index in [0.29, 0.717) is 0 Å². The summed E-state index contributed by atoms with van der Waals surface area (Å²) in [6, 6.07) is -0.834. The Balaban J connectivity index is 4.21. The van der Waals surface area contributed by atoms with Gasteiger partial charge in [0.15, 0.2) is 0 Å². The number of amides is 2. The van der Waals surface area contributed by atoms with Crippen molar-refractivity contribution in [1.29, 1.82) is 0 Å². The van der Waals surface area contributed by atoms with Crippen LogP contribution in [0.25, 0.3) is 0 Å². The fourth-order valence-electron chi connectivity index (χ4n) is 0.778. The minimum atomic E-state index is -4.18. The lowest BCUT2D eigenvalue weighted by atomic mass is 10.5. The van der Waals surface area contributed by atoms with E-state index < -0.39 is 19.8 Å². The van der Waals surface area contributed by atoms with E-state index >= 15 is 0 Å². The molecule has 88 valence electrons. The minimum Gasteiger partial charge on any atom is -0.324 e. The highest BCUT2D eigenvalue weighted by molar-refractivity contribution is 7.51. The Morgan fingerprint density at radius 3 is 2.47 bits per heavy atom. The molecule has 10 heteroatoms. The second-order valence-electron chi connectivity index (χ2n) is 2.57. The molecule has 0 aromatic heterocycles. The summed E-state index contributed by atoms with van der Waals surface area (Å²) in [6.45, 7) is -0.124. The average molecular weight is 260 g/mol. The van der Waals surface area contributed by atoms with Crippen LogP contribution in [-0.2, 0) is 4.57 Å². The quantitative estimate of drug-likeness (QED) is 0.270. The lowest BCUT2D eigenvalue weighted by Crippen LogP contribution is -2.40. The van der Waals surface area contributed by atoms with E-state index in [1.165, 1.54) is 0 Å². The van der Waals surface area contributed by atoms with E-state index in [2.05, 4.69) is 5.29 Å². The molecular formula is C5H11ClN3O5P. The van der Waals surface area contributed by atoms with Crippen molar-refractivity contribution in [2.75, 3.05) is 25.1 Å². The Kier molecular flexibility index (Phi) is 6.42. The summed E-state index contributed by atoms with van der Waals surface area (Å²) in [7, 11) is -4.18. The van der Waals surface area contributed by atoms with Gasteiger partial charge in [0.1, 0.15) is 0 Å². The summed E-state index contributed by atoms with van der Waals surface area (Å²) >= 11 is 5.37. The van der Waals surface area contributed by atoms with Gasteiger partial charge < -0.3 is 14.7 Å². The van der Waals surface area contributed by atoms with Crippen LogP contribution in [0.3, 0.4) is 0 Å². The van der Waals surface area contributed by atoms with Crippen LogP contribution < -0.4 is 5.43 Å². The van der Waals surface area contributed by atoms with E-state index in [9.17, 15) is 14.3 Å². The number of hydrogen-bond acceptors (Lipinski definition) is 4. The molecule has 0 aromatic carbocycles. The van der Waals surface area contributed by atoms with Gasteiger partial charge in [0.25, 0.3) is 0 Å². The summed E-state index contributed by atoms with van der Waals surface area (Å²) in [5.41, 5.74) is 1.61. The molecule has 0 radical (unpaired) electrons. The Hall–Kier alpha value is -0.690. The summed E-state index contributed by atoms with van der Waals surface area (Å²) in [4.78, 5) is 38.9. The monoisotopic (exact) mass is 259 g/mol. The maximum absolute atomic E-state index is 11.1. The topological polar surface area (TPSA) is 119 Å². The van der Waals surface area contributed by atoms with Crippen molar-refractivity contribution in [1.82, 2.24) is 10.3 Å². The average Bonchev–Trinajstić information content (AvgIpc) is 2.11. The van der Waals surface area contributed by atoms with Gasteiger partial charge in [-0.2, -0.15) is 5.43 Å². The molecule has 2 amide bonds. The number of rotatable bonds is 6. The molecular weight excluding hydrogens is 248 g/mol. The van der Waals surface area contributed by atoms with Gasteiger partial charge in [0.2, 0.25) is 0 Å². The molecule has 8 nitrogen and oxygen atoms in total. The lowest BCUT2D eigenvalue weighted by Gasteiger charge is -2.19. The molecule has 15 heavy (non-hydrogen) atoms. The van der Waals surface area contributed by atoms with Crippen molar-refractivity contribution >= 4 is 25.2 Å². The fraction of sp³-hybridized carbons (Fsp3) is 0.800. The van der Waals surface area contributed by atoms with Crippen LogP contribution >= 0.6 is 19.2 Å². The number of carbonyl (C=O) groups excluding carboxylic acids is 1. The fourth-order valence-corrected chi connectivity index (χ4v) is 1.48. The highest BCUT2D eigenvalue weighted by Gasteiger charge is 2.19. The number of urea groups is 1. The normalized spacial score (nSPS) is 10.9. The van der Waals surface area contributed by atoms with Crippen LogP contribution in [0.2, 0.25) is 0 Å². The van der Waals surface area contributed by atoms with Crippen molar-refractivity contribution < 1.29 is 19.1 Å². The molecule has 0 aliphatic carbocycles. The molecule has 0 saturated carbocycles. The zero-order valence-corrected chi connectivity index (χ0v) is 9.32. The van der Waals surface area contributed by atoms with Crippen LogP contribution in [0.1, 0.15) is 0 Å². The van der Waals surface area contributed by atoms with E-state index in [1.807, 2.05) is 0 Å². The van der Waals surface area contributed by atoms with Crippen LogP contribution in [-0.4, -0.2) is 45.8 Å². The first kappa shape index (κ1) is 14.3. The summed E-state index contributed by atoms with van der Waals surface area (Å²) < 4.78 is 10.5. The standard InChI is InChI=1S/C5H11ClN3O5P/c6-1-2-9(5(10)7-8-11)3-4-15(12,13)14/h1-4H2,(H,7,10,11)(H2,12,13,14). The number of hydrogen-bond donors (Lipinski definition) is 3. The minimum absolute atomic E-state index is 0.0723. The number of halogens is 1. The molecule has 0 rings (SSSR count). The molecule has 0 spiro atoms. The third-order valence-corrected chi connectivity index (χ3v) is 2.40. The second-order valence-corrected chi connectivity index (χ2v) is 4.73. The van der Waals surface area contributed by atoms with Gasteiger partial charge in [-0.3, -0.25) is 4.57 Å². The highest BCUT2D eigenvalue weighted by atomic mass is 35.5. The van der Waals surface area contributed by atoms with Gasteiger partial charge >= 0.3 is 13.6 Å². The van der Waals surface area contributed by atoms with Gasteiger partial charge in [-0.1, -0.05) is 0 Å². The third kappa shape index (κ3) is 7.26. The molecule has 0 saturated heterocycles. The zero-order valence-electron chi connectivity index (χ0n) is 7.67. The first-order chi connectivity index (χ1) is 6.90. The Morgan fingerprint density at radius 1 is 1.47 bits per heavy atom. The van der Waals surface area contributed by atoms with Gasteiger partial charge in [-0.05, 0) is 0 Å². The molecule has 3 N–H and O–H groups in total. The highest BCUT2D eigenvalue weighted by Crippen LogP contribution is 2.33. The first-order valence-electron chi connectivity index (χ1n) is 3.88. The Bertz CT molecular complexity index is 269. The van der Waals surface area contributed by atoms with E-state index in [-0.39, 0.29) is 19.0 Å².